The summed E-state index contributed by atoms with van der Waals surface area (Å²) in [6.45, 7) is 2.59. The Morgan fingerprint density at radius 2 is 2.00 bits per heavy atom. The van der Waals surface area contributed by atoms with Crippen LogP contribution in [0.2, 0.25) is 0 Å². The zero-order chi connectivity index (χ0) is 14.8. The molecular weight excluding hydrogens is 270 g/mol. The van der Waals surface area contributed by atoms with Crippen molar-refractivity contribution in [3.63, 3.8) is 0 Å². The first-order valence-corrected chi connectivity index (χ1v) is 7.01. The third-order valence-corrected chi connectivity index (χ3v) is 3.60. The fourth-order valence-corrected chi connectivity index (χ4v) is 2.41. The van der Waals surface area contributed by atoms with Gasteiger partial charge in [0.15, 0.2) is 0 Å². The second-order valence-electron chi connectivity index (χ2n) is 5.42. The molecule has 0 amide bonds. The number of hydrogen-bond donors (Lipinski definition) is 1. The first-order chi connectivity index (χ1) is 9.41. The highest BCUT2D eigenvalue weighted by molar-refractivity contribution is 5.33. The van der Waals surface area contributed by atoms with Crippen molar-refractivity contribution in [2.45, 2.75) is 44.8 Å². The van der Waals surface area contributed by atoms with E-state index in [4.69, 9.17) is 0 Å². The Labute approximate surface area is 116 Å². The van der Waals surface area contributed by atoms with Gasteiger partial charge < -0.3 is 5.32 Å². The number of alkyl halides is 3. The van der Waals surface area contributed by atoms with E-state index in [0.29, 0.717) is 18.9 Å². The normalized spacial score (nSPS) is 17.2. The summed E-state index contributed by atoms with van der Waals surface area (Å²) in [4.78, 5) is 0. The van der Waals surface area contributed by atoms with Crippen molar-refractivity contribution >= 4 is 0 Å². The molecule has 2 rings (SSSR count). The van der Waals surface area contributed by atoms with Crippen LogP contribution in [0.4, 0.5) is 17.6 Å². The third kappa shape index (κ3) is 3.95. The lowest BCUT2D eigenvalue weighted by Crippen LogP contribution is -2.25. The van der Waals surface area contributed by atoms with Crippen LogP contribution in [0.15, 0.2) is 18.2 Å². The minimum Gasteiger partial charge on any atom is -0.310 e. The molecule has 5 heteroatoms. The molecule has 0 aromatic heterocycles. The molecule has 1 aliphatic rings. The fraction of sp³-hybridized carbons (Fsp3) is 0.600. The predicted molar refractivity (Wildman–Crippen MR) is 69.8 cm³/mol. The van der Waals surface area contributed by atoms with Gasteiger partial charge in [-0.3, -0.25) is 0 Å². The second kappa shape index (κ2) is 6.12. The van der Waals surface area contributed by atoms with Gasteiger partial charge in [0.1, 0.15) is 5.82 Å². The highest BCUT2D eigenvalue weighted by atomic mass is 19.4. The van der Waals surface area contributed by atoms with Gasteiger partial charge in [-0.2, -0.15) is 13.2 Å². The molecule has 20 heavy (non-hydrogen) atoms. The van der Waals surface area contributed by atoms with Crippen LogP contribution in [0.3, 0.4) is 0 Å². The van der Waals surface area contributed by atoms with Gasteiger partial charge >= 0.3 is 6.18 Å². The maximum Gasteiger partial charge on any atom is 0.416 e. The van der Waals surface area contributed by atoms with E-state index in [1.165, 1.54) is 0 Å². The van der Waals surface area contributed by atoms with Gasteiger partial charge in [-0.25, -0.2) is 4.39 Å². The second-order valence-corrected chi connectivity index (χ2v) is 5.42. The summed E-state index contributed by atoms with van der Waals surface area (Å²) in [5, 5.41) is 3.13. The minimum absolute atomic E-state index is 0.0397. The molecule has 112 valence electrons. The Hall–Kier alpha value is -1.10. The van der Waals surface area contributed by atoms with E-state index < -0.39 is 23.6 Å². The van der Waals surface area contributed by atoms with Gasteiger partial charge in [0.25, 0.3) is 0 Å². The topological polar surface area (TPSA) is 12.0 Å². The lowest BCUT2D eigenvalue weighted by Gasteiger charge is -2.23. The molecule has 1 fully saturated rings. The number of rotatable bonds is 6. The molecular formula is C15H19F4N. The van der Waals surface area contributed by atoms with Crippen LogP contribution < -0.4 is 5.32 Å². The Kier molecular flexibility index (Phi) is 4.68. The molecule has 1 nitrogen and oxygen atoms in total. The van der Waals surface area contributed by atoms with Crippen molar-refractivity contribution in [3.05, 3.63) is 35.1 Å². The molecule has 1 saturated carbocycles. The standard InChI is InChI=1S/C15H19F4N/c1-2-7-20-14(8-10-3-4-10)12-9-11(16)5-6-13(12)15(17,18)19/h5-6,9-10,14,20H,2-4,7-8H2,1H3. The van der Waals surface area contributed by atoms with Gasteiger partial charge in [-0.15, -0.1) is 0 Å². The van der Waals surface area contributed by atoms with Crippen molar-refractivity contribution in [1.82, 2.24) is 5.32 Å². The third-order valence-electron chi connectivity index (χ3n) is 3.60. The molecule has 0 saturated heterocycles. The minimum atomic E-state index is -4.45. The number of halogens is 4. The molecule has 0 spiro atoms. The van der Waals surface area contributed by atoms with Crippen LogP contribution in [-0.4, -0.2) is 6.54 Å². The van der Waals surface area contributed by atoms with E-state index in [-0.39, 0.29) is 5.56 Å². The number of benzene rings is 1. The molecule has 1 unspecified atom stereocenters. The van der Waals surface area contributed by atoms with E-state index >= 15 is 0 Å². The summed E-state index contributed by atoms with van der Waals surface area (Å²) in [5.74, 6) is -0.152. The molecule has 0 heterocycles. The summed E-state index contributed by atoms with van der Waals surface area (Å²) in [6.07, 6.45) is -0.856. The maximum atomic E-state index is 13.4. The van der Waals surface area contributed by atoms with E-state index in [0.717, 1.165) is 37.5 Å². The fourth-order valence-electron chi connectivity index (χ4n) is 2.41. The molecule has 1 aliphatic carbocycles. The monoisotopic (exact) mass is 289 g/mol. The molecule has 1 N–H and O–H groups in total. The number of hydrogen-bond acceptors (Lipinski definition) is 1. The first kappa shape index (κ1) is 15.3. The summed E-state index contributed by atoms with van der Waals surface area (Å²) < 4.78 is 52.6. The summed E-state index contributed by atoms with van der Waals surface area (Å²) in [6, 6.07) is 2.33. The Bertz CT molecular complexity index is 452. The summed E-state index contributed by atoms with van der Waals surface area (Å²) in [7, 11) is 0. The molecule has 0 bridgehead atoms. The lowest BCUT2D eigenvalue weighted by molar-refractivity contribution is -0.138. The van der Waals surface area contributed by atoms with Crippen molar-refractivity contribution in [3.8, 4) is 0 Å². The summed E-state index contributed by atoms with van der Waals surface area (Å²) >= 11 is 0. The number of nitrogens with one attached hydrogen (secondary N) is 1. The molecule has 0 radical (unpaired) electrons. The zero-order valence-electron chi connectivity index (χ0n) is 11.4. The average molecular weight is 289 g/mol. The van der Waals surface area contributed by atoms with Gasteiger partial charge in [-0.05, 0) is 49.1 Å². The van der Waals surface area contributed by atoms with Crippen LogP contribution in [0.5, 0.6) is 0 Å². The van der Waals surface area contributed by atoms with E-state index in [1.807, 2.05) is 6.92 Å². The van der Waals surface area contributed by atoms with Crippen molar-refractivity contribution < 1.29 is 17.6 Å². The predicted octanol–water partition coefficient (Wildman–Crippen LogP) is 4.69. The largest absolute Gasteiger partial charge is 0.416 e. The van der Waals surface area contributed by atoms with E-state index in [9.17, 15) is 17.6 Å². The molecule has 1 aromatic rings. The van der Waals surface area contributed by atoms with Gasteiger partial charge in [0.05, 0.1) is 5.56 Å². The van der Waals surface area contributed by atoms with Crippen LogP contribution in [0.25, 0.3) is 0 Å². The maximum absolute atomic E-state index is 13.4. The van der Waals surface area contributed by atoms with E-state index in [2.05, 4.69) is 5.32 Å². The van der Waals surface area contributed by atoms with Gasteiger partial charge in [-0.1, -0.05) is 19.8 Å². The smallest absolute Gasteiger partial charge is 0.310 e. The van der Waals surface area contributed by atoms with Gasteiger partial charge in [0.2, 0.25) is 0 Å². The molecule has 1 aromatic carbocycles. The highest BCUT2D eigenvalue weighted by Gasteiger charge is 2.36. The van der Waals surface area contributed by atoms with Crippen molar-refractivity contribution in [1.29, 1.82) is 0 Å². The lowest BCUT2D eigenvalue weighted by atomic mass is 9.95. The van der Waals surface area contributed by atoms with Gasteiger partial charge in [0, 0.05) is 6.04 Å². The Morgan fingerprint density at radius 1 is 1.30 bits per heavy atom. The first-order valence-electron chi connectivity index (χ1n) is 7.01. The molecule has 0 aliphatic heterocycles. The Morgan fingerprint density at radius 3 is 2.55 bits per heavy atom. The quantitative estimate of drug-likeness (QED) is 0.749. The van der Waals surface area contributed by atoms with Crippen LogP contribution in [-0.2, 0) is 6.18 Å². The van der Waals surface area contributed by atoms with Crippen LogP contribution in [0, 0.1) is 11.7 Å². The summed E-state index contributed by atoms with van der Waals surface area (Å²) in [5.41, 5.74) is -0.689. The highest BCUT2D eigenvalue weighted by Crippen LogP contribution is 2.41. The SMILES string of the molecule is CCCNC(CC1CC1)c1cc(F)ccc1C(F)(F)F. The van der Waals surface area contributed by atoms with Crippen molar-refractivity contribution in [2.75, 3.05) is 6.54 Å². The van der Waals surface area contributed by atoms with Crippen LogP contribution in [0.1, 0.15) is 49.8 Å². The van der Waals surface area contributed by atoms with Crippen LogP contribution >= 0.6 is 0 Å². The Balaban J connectivity index is 2.31. The zero-order valence-corrected chi connectivity index (χ0v) is 11.4. The van der Waals surface area contributed by atoms with E-state index in [1.54, 1.807) is 0 Å². The van der Waals surface area contributed by atoms with Crippen molar-refractivity contribution in [2.24, 2.45) is 5.92 Å². The molecule has 1 atom stereocenters. The average Bonchev–Trinajstić information content (AvgIpc) is 3.16.